The second-order valence-corrected chi connectivity index (χ2v) is 11.0. The number of methoxy groups -OCH3 is 1. The molecule has 0 saturated carbocycles. The predicted octanol–water partition coefficient (Wildman–Crippen LogP) is 5.93. The molecule has 0 atom stereocenters. The minimum absolute atomic E-state index is 0.171. The smallest absolute Gasteiger partial charge is 0.277 e. The molecule has 0 aliphatic carbocycles. The molecule has 9 heteroatoms. The first-order chi connectivity index (χ1) is 20.5. The molecule has 228 valence electrons. The highest BCUT2D eigenvalue weighted by atomic mass is 16.5. The van der Waals surface area contributed by atoms with Crippen molar-refractivity contribution in [2.75, 3.05) is 20.3 Å². The van der Waals surface area contributed by atoms with Gasteiger partial charge in [-0.2, -0.15) is 10.2 Å². The Morgan fingerprint density at radius 2 is 1.12 bits per heavy atom. The van der Waals surface area contributed by atoms with E-state index in [-0.39, 0.29) is 25.0 Å². The summed E-state index contributed by atoms with van der Waals surface area (Å²) >= 11 is 0. The normalized spacial score (nSPS) is 11.4. The van der Waals surface area contributed by atoms with Crippen LogP contribution in [0.4, 0.5) is 0 Å². The number of nitrogens with one attached hydrogen (secondary N) is 2. The van der Waals surface area contributed by atoms with Crippen molar-refractivity contribution < 1.29 is 23.8 Å². The summed E-state index contributed by atoms with van der Waals surface area (Å²) in [4.78, 5) is 24.9. The molecule has 0 aromatic heterocycles. The molecule has 0 saturated heterocycles. The topological polar surface area (TPSA) is 111 Å². The minimum atomic E-state index is -0.392. The molecule has 0 aliphatic heterocycles. The number of benzene rings is 3. The van der Waals surface area contributed by atoms with Crippen molar-refractivity contribution in [3.05, 3.63) is 87.5 Å². The van der Waals surface area contributed by atoms with E-state index in [1.165, 1.54) is 19.5 Å². The van der Waals surface area contributed by atoms with Gasteiger partial charge in [-0.05, 0) is 84.7 Å². The van der Waals surface area contributed by atoms with E-state index in [1.54, 1.807) is 0 Å². The number of hydrogen-bond donors (Lipinski definition) is 2. The summed E-state index contributed by atoms with van der Waals surface area (Å²) in [5, 5.41) is 8.18. The fourth-order valence-electron chi connectivity index (χ4n) is 4.44. The first-order valence-corrected chi connectivity index (χ1v) is 14.3. The van der Waals surface area contributed by atoms with Crippen LogP contribution in [0, 0.1) is 20.8 Å². The Balaban J connectivity index is 1.60. The highest BCUT2D eigenvalue weighted by molar-refractivity contribution is 5.93. The summed E-state index contributed by atoms with van der Waals surface area (Å²) in [6.07, 6.45) is 2.99. The molecule has 0 aliphatic rings. The molecule has 9 nitrogen and oxygen atoms in total. The van der Waals surface area contributed by atoms with Crippen LogP contribution in [-0.4, -0.2) is 44.6 Å². The van der Waals surface area contributed by atoms with Gasteiger partial charge < -0.3 is 14.2 Å². The van der Waals surface area contributed by atoms with Crippen molar-refractivity contribution in [1.29, 1.82) is 0 Å². The van der Waals surface area contributed by atoms with E-state index < -0.39 is 11.8 Å². The monoisotopic (exact) mass is 586 g/mol. The Hall–Kier alpha value is -4.66. The van der Waals surface area contributed by atoms with Gasteiger partial charge in [-0.25, -0.2) is 10.9 Å². The average Bonchev–Trinajstić information content (AvgIpc) is 2.94. The van der Waals surface area contributed by atoms with Crippen LogP contribution in [0.15, 0.2) is 58.7 Å². The lowest BCUT2D eigenvalue weighted by molar-refractivity contribution is -0.123. The molecule has 0 radical (unpaired) electrons. The van der Waals surface area contributed by atoms with Gasteiger partial charge in [0, 0.05) is 11.1 Å². The molecule has 0 unspecified atom stereocenters. The third-order valence-corrected chi connectivity index (χ3v) is 6.58. The molecular weight excluding hydrogens is 544 g/mol. The predicted molar refractivity (Wildman–Crippen MR) is 171 cm³/mol. The van der Waals surface area contributed by atoms with E-state index in [9.17, 15) is 9.59 Å². The molecule has 0 heterocycles. The van der Waals surface area contributed by atoms with Gasteiger partial charge in [0.15, 0.2) is 13.2 Å². The minimum Gasteiger partial charge on any atom is -0.495 e. The lowest BCUT2D eigenvalue weighted by atomic mass is 10.0. The number of rotatable bonds is 13. The maximum Gasteiger partial charge on any atom is 0.277 e. The maximum absolute atomic E-state index is 12.4. The van der Waals surface area contributed by atoms with Crippen molar-refractivity contribution in [2.24, 2.45) is 10.2 Å². The molecule has 43 heavy (non-hydrogen) atoms. The van der Waals surface area contributed by atoms with Crippen molar-refractivity contribution >= 4 is 24.2 Å². The van der Waals surface area contributed by atoms with Gasteiger partial charge >= 0.3 is 0 Å². The molecule has 0 bridgehead atoms. The third kappa shape index (κ3) is 9.70. The van der Waals surface area contributed by atoms with Gasteiger partial charge in [0.1, 0.15) is 17.2 Å². The van der Waals surface area contributed by atoms with Gasteiger partial charge in [0.05, 0.1) is 19.5 Å². The van der Waals surface area contributed by atoms with Crippen molar-refractivity contribution in [2.45, 2.75) is 60.3 Å². The van der Waals surface area contributed by atoms with Gasteiger partial charge in [-0.1, -0.05) is 52.0 Å². The molecule has 2 amide bonds. The number of hydrazone groups is 2. The van der Waals surface area contributed by atoms with E-state index in [2.05, 4.69) is 48.7 Å². The number of ether oxygens (including phenoxy) is 3. The summed E-state index contributed by atoms with van der Waals surface area (Å²) in [6, 6.07) is 15.7. The third-order valence-electron chi connectivity index (χ3n) is 6.58. The lowest BCUT2D eigenvalue weighted by Crippen LogP contribution is -2.25. The Morgan fingerprint density at radius 1 is 0.698 bits per heavy atom. The van der Waals surface area contributed by atoms with Crippen molar-refractivity contribution in [3.8, 4) is 17.2 Å². The molecular formula is C34H42N4O5. The van der Waals surface area contributed by atoms with Crippen LogP contribution < -0.4 is 25.1 Å². The Morgan fingerprint density at radius 3 is 1.49 bits per heavy atom. The van der Waals surface area contributed by atoms with E-state index >= 15 is 0 Å². The van der Waals surface area contributed by atoms with Crippen LogP contribution in [-0.2, 0) is 9.59 Å². The average molecular weight is 587 g/mol. The van der Waals surface area contributed by atoms with Gasteiger partial charge in [-0.3, -0.25) is 9.59 Å². The second kappa shape index (κ2) is 15.5. The summed E-state index contributed by atoms with van der Waals surface area (Å²) in [7, 11) is 1.53. The zero-order chi connectivity index (χ0) is 31.5. The van der Waals surface area contributed by atoms with E-state index in [1.807, 2.05) is 69.3 Å². The fraction of sp³-hybridized carbons (Fsp3) is 0.353. The van der Waals surface area contributed by atoms with Crippen LogP contribution in [0.25, 0.3) is 0 Å². The van der Waals surface area contributed by atoms with Crippen molar-refractivity contribution in [3.63, 3.8) is 0 Å². The first kappa shape index (κ1) is 32.8. The molecule has 0 fully saturated rings. The van der Waals surface area contributed by atoms with Crippen LogP contribution in [0.3, 0.4) is 0 Å². The van der Waals surface area contributed by atoms with Crippen LogP contribution >= 0.6 is 0 Å². The highest BCUT2D eigenvalue weighted by Crippen LogP contribution is 2.28. The van der Waals surface area contributed by atoms with Gasteiger partial charge in [-0.15, -0.1) is 0 Å². The largest absolute Gasteiger partial charge is 0.495 e. The molecule has 3 aromatic carbocycles. The lowest BCUT2D eigenvalue weighted by Gasteiger charge is -2.14. The number of amides is 2. The number of hydrogen-bond acceptors (Lipinski definition) is 7. The van der Waals surface area contributed by atoms with E-state index in [4.69, 9.17) is 14.2 Å². The summed E-state index contributed by atoms with van der Waals surface area (Å²) in [5.74, 6) is 1.61. The number of carbonyl (C=O) groups is 2. The number of nitrogens with zero attached hydrogens (tertiary/aromatic N) is 2. The summed E-state index contributed by atoms with van der Waals surface area (Å²) < 4.78 is 17.2. The second-order valence-electron chi connectivity index (χ2n) is 11.0. The maximum atomic E-state index is 12.4. The molecule has 3 rings (SSSR count). The Kier molecular flexibility index (Phi) is 11.9. The fourth-order valence-corrected chi connectivity index (χ4v) is 4.44. The van der Waals surface area contributed by atoms with Gasteiger partial charge in [0.25, 0.3) is 11.8 Å². The van der Waals surface area contributed by atoms with Crippen LogP contribution in [0.5, 0.6) is 17.2 Å². The van der Waals surface area contributed by atoms with Gasteiger partial charge in [0.2, 0.25) is 0 Å². The van der Waals surface area contributed by atoms with Crippen molar-refractivity contribution in [1.82, 2.24) is 10.9 Å². The summed E-state index contributed by atoms with van der Waals surface area (Å²) in [6.45, 7) is 13.8. The summed E-state index contributed by atoms with van der Waals surface area (Å²) in [5.41, 5.74) is 11.3. The van der Waals surface area contributed by atoms with Crippen LogP contribution in [0.2, 0.25) is 0 Å². The molecule has 0 spiro atoms. The Bertz CT molecular complexity index is 1390. The molecule has 2 N–H and O–H groups in total. The quantitative estimate of drug-likeness (QED) is 0.191. The van der Waals surface area contributed by atoms with E-state index in [0.29, 0.717) is 28.4 Å². The Labute approximate surface area is 254 Å². The zero-order valence-corrected chi connectivity index (χ0v) is 26.3. The SMILES string of the molecule is COc1c(/C=N\NC(=O)COc2cc(C)ccc2C(C)C)cc(C)cc1/C=N\NC(=O)COc1cc(C)ccc1C(C)C. The first-order valence-electron chi connectivity index (χ1n) is 14.3. The highest BCUT2D eigenvalue weighted by Gasteiger charge is 2.13. The molecule has 3 aromatic rings. The van der Waals surface area contributed by atoms with Crippen LogP contribution in [0.1, 0.15) is 78.5 Å². The number of aryl methyl sites for hydroxylation is 3. The zero-order valence-electron chi connectivity index (χ0n) is 26.3. The number of carbonyl (C=O) groups excluding carboxylic acids is 2. The van der Waals surface area contributed by atoms with E-state index in [0.717, 1.165) is 27.8 Å². The standard InChI is InChI=1S/C34H42N4O5/c1-21(2)28-11-9-23(5)15-30(28)42-19-32(39)37-35-17-26-13-25(7)14-27(34(26)41-8)18-36-38-33(40)20-43-31-16-24(6)10-12-29(31)22(3)4/h9-18,21-22H,19-20H2,1-8H3,(H,37,39)(H,38,40)/b35-17-,36-18-.